The SMILES string of the molecule is CCN(c1ccc(C(=O)N[C@H](C)c2ccccc2)cc1)S(C)(=O)=O. The molecule has 0 aliphatic heterocycles. The van der Waals surface area contributed by atoms with Gasteiger partial charge in [0.1, 0.15) is 0 Å². The van der Waals surface area contributed by atoms with E-state index in [-0.39, 0.29) is 11.9 Å². The summed E-state index contributed by atoms with van der Waals surface area (Å²) >= 11 is 0. The zero-order valence-corrected chi connectivity index (χ0v) is 14.9. The Bertz CT molecular complexity index is 787. The highest BCUT2D eigenvalue weighted by molar-refractivity contribution is 7.92. The second kappa shape index (κ2) is 7.49. The normalized spacial score (nSPS) is 12.5. The predicted octanol–water partition coefficient (Wildman–Crippen LogP) is 2.96. The minimum Gasteiger partial charge on any atom is -0.346 e. The van der Waals surface area contributed by atoms with Crippen LogP contribution >= 0.6 is 0 Å². The molecule has 0 aromatic heterocycles. The van der Waals surface area contributed by atoms with E-state index in [0.717, 1.165) is 5.56 Å². The lowest BCUT2D eigenvalue weighted by Crippen LogP contribution is -2.29. The van der Waals surface area contributed by atoms with E-state index in [9.17, 15) is 13.2 Å². The van der Waals surface area contributed by atoms with Crippen molar-refractivity contribution in [3.63, 3.8) is 0 Å². The largest absolute Gasteiger partial charge is 0.346 e. The van der Waals surface area contributed by atoms with Crippen LogP contribution in [0.25, 0.3) is 0 Å². The number of nitrogens with one attached hydrogen (secondary N) is 1. The van der Waals surface area contributed by atoms with Gasteiger partial charge in [0.15, 0.2) is 0 Å². The van der Waals surface area contributed by atoms with Gasteiger partial charge in [-0.1, -0.05) is 30.3 Å². The van der Waals surface area contributed by atoms with Gasteiger partial charge in [0.2, 0.25) is 10.0 Å². The molecule has 0 bridgehead atoms. The first-order valence-corrected chi connectivity index (χ1v) is 9.61. The van der Waals surface area contributed by atoms with E-state index in [2.05, 4.69) is 5.32 Å². The molecule has 0 radical (unpaired) electrons. The van der Waals surface area contributed by atoms with Gasteiger partial charge in [-0.15, -0.1) is 0 Å². The lowest BCUT2D eigenvalue weighted by molar-refractivity contribution is 0.0940. The Morgan fingerprint density at radius 2 is 1.67 bits per heavy atom. The molecule has 5 nitrogen and oxygen atoms in total. The highest BCUT2D eigenvalue weighted by atomic mass is 32.2. The number of anilines is 1. The molecule has 24 heavy (non-hydrogen) atoms. The second-order valence-electron chi connectivity index (χ2n) is 5.58. The number of benzene rings is 2. The fourth-order valence-electron chi connectivity index (χ4n) is 2.49. The van der Waals surface area contributed by atoms with Crippen molar-refractivity contribution in [2.24, 2.45) is 0 Å². The van der Waals surface area contributed by atoms with E-state index in [0.29, 0.717) is 17.8 Å². The van der Waals surface area contributed by atoms with E-state index >= 15 is 0 Å². The number of hydrogen-bond acceptors (Lipinski definition) is 3. The van der Waals surface area contributed by atoms with Crippen LogP contribution in [0.2, 0.25) is 0 Å². The van der Waals surface area contributed by atoms with Crippen molar-refractivity contribution >= 4 is 21.6 Å². The Hall–Kier alpha value is -2.34. The van der Waals surface area contributed by atoms with E-state index in [1.807, 2.05) is 37.3 Å². The number of carbonyl (C=O) groups excluding carboxylic acids is 1. The maximum Gasteiger partial charge on any atom is 0.251 e. The number of nitrogens with zero attached hydrogens (tertiary/aromatic N) is 1. The first-order valence-electron chi connectivity index (χ1n) is 7.76. The summed E-state index contributed by atoms with van der Waals surface area (Å²) in [6.45, 7) is 4.03. The van der Waals surface area contributed by atoms with Crippen molar-refractivity contribution in [1.29, 1.82) is 0 Å². The van der Waals surface area contributed by atoms with E-state index < -0.39 is 10.0 Å². The van der Waals surface area contributed by atoms with Crippen LogP contribution < -0.4 is 9.62 Å². The Morgan fingerprint density at radius 3 is 2.17 bits per heavy atom. The summed E-state index contributed by atoms with van der Waals surface area (Å²) in [5, 5.41) is 2.93. The molecule has 0 saturated carbocycles. The number of amides is 1. The average molecular weight is 346 g/mol. The summed E-state index contributed by atoms with van der Waals surface area (Å²) in [6.07, 6.45) is 1.17. The third kappa shape index (κ3) is 4.35. The fourth-order valence-corrected chi connectivity index (χ4v) is 3.47. The lowest BCUT2D eigenvalue weighted by atomic mass is 10.1. The third-order valence-electron chi connectivity index (χ3n) is 3.75. The Kier molecular flexibility index (Phi) is 5.62. The van der Waals surface area contributed by atoms with Crippen molar-refractivity contribution in [3.05, 3.63) is 65.7 Å². The van der Waals surface area contributed by atoms with Crippen LogP contribution in [-0.2, 0) is 10.0 Å². The van der Waals surface area contributed by atoms with Gasteiger partial charge in [0.25, 0.3) is 5.91 Å². The molecule has 2 aromatic carbocycles. The van der Waals surface area contributed by atoms with Crippen LogP contribution in [0.15, 0.2) is 54.6 Å². The molecular weight excluding hydrogens is 324 g/mol. The Balaban J connectivity index is 2.11. The minimum absolute atomic E-state index is 0.110. The summed E-state index contributed by atoms with van der Waals surface area (Å²) in [5.41, 5.74) is 2.07. The summed E-state index contributed by atoms with van der Waals surface area (Å²) in [6, 6.07) is 16.2. The molecule has 0 spiro atoms. The number of rotatable bonds is 6. The Labute approximate surface area is 143 Å². The standard InChI is InChI=1S/C18H22N2O3S/c1-4-20(24(3,22)23)17-12-10-16(11-13-17)18(21)19-14(2)15-8-6-5-7-9-15/h5-14H,4H2,1-3H3,(H,19,21)/t14-/m1/s1. The maximum absolute atomic E-state index is 12.3. The van der Waals surface area contributed by atoms with Crippen molar-refractivity contribution < 1.29 is 13.2 Å². The number of hydrogen-bond donors (Lipinski definition) is 1. The zero-order valence-electron chi connectivity index (χ0n) is 14.1. The molecule has 0 fully saturated rings. The van der Waals surface area contributed by atoms with Crippen LogP contribution in [0.3, 0.4) is 0 Å². The Morgan fingerprint density at radius 1 is 1.08 bits per heavy atom. The van der Waals surface area contributed by atoms with Crippen LogP contribution in [0.1, 0.15) is 35.8 Å². The molecule has 1 N–H and O–H groups in total. The lowest BCUT2D eigenvalue weighted by Gasteiger charge is -2.20. The highest BCUT2D eigenvalue weighted by Gasteiger charge is 2.16. The molecule has 0 aliphatic rings. The molecule has 2 aromatic rings. The van der Waals surface area contributed by atoms with Crippen LogP contribution in [0.4, 0.5) is 5.69 Å². The van der Waals surface area contributed by atoms with E-state index in [4.69, 9.17) is 0 Å². The van der Waals surface area contributed by atoms with Gasteiger partial charge in [-0.2, -0.15) is 0 Å². The van der Waals surface area contributed by atoms with Crippen molar-refractivity contribution in [1.82, 2.24) is 5.32 Å². The van der Waals surface area contributed by atoms with E-state index in [1.54, 1.807) is 31.2 Å². The topological polar surface area (TPSA) is 66.5 Å². The van der Waals surface area contributed by atoms with Crippen LogP contribution in [0.5, 0.6) is 0 Å². The van der Waals surface area contributed by atoms with Crippen LogP contribution in [-0.4, -0.2) is 27.1 Å². The van der Waals surface area contributed by atoms with Gasteiger partial charge >= 0.3 is 0 Å². The molecule has 0 saturated heterocycles. The van der Waals surface area contributed by atoms with Crippen molar-refractivity contribution in [2.45, 2.75) is 19.9 Å². The average Bonchev–Trinajstić information content (AvgIpc) is 2.55. The first kappa shape index (κ1) is 18.0. The molecule has 1 amide bonds. The maximum atomic E-state index is 12.3. The summed E-state index contributed by atoms with van der Waals surface area (Å²) < 4.78 is 24.8. The van der Waals surface area contributed by atoms with Crippen molar-refractivity contribution in [3.8, 4) is 0 Å². The summed E-state index contributed by atoms with van der Waals surface area (Å²) in [5.74, 6) is -0.194. The zero-order chi connectivity index (χ0) is 17.7. The minimum atomic E-state index is -3.32. The molecule has 6 heteroatoms. The van der Waals surface area contributed by atoms with Gasteiger partial charge in [-0.25, -0.2) is 8.42 Å². The second-order valence-corrected chi connectivity index (χ2v) is 7.49. The van der Waals surface area contributed by atoms with Crippen LogP contribution in [0, 0.1) is 0 Å². The quantitative estimate of drug-likeness (QED) is 0.874. The molecular formula is C18H22N2O3S. The fraction of sp³-hybridized carbons (Fsp3) is 0.278. The van der Waals surface area contributed by atoms with Crippen molar-refractivity contribution in [2.75, 3.05) is 17.1 Å². The molecule has 0 unspecified atom stereocenters. The predicted molar refractivity (Wildman–Crippen MR) is 96.6 cm³/mol. The van der Waals surface area contributed by atoms with Gasteiger partial charge < -0.3 is 5.32 Å². The molecule has 0 aliphatic carbocycles. The highest BCUT2D eigenvalue weighted by Crippen LogP contribution is 2.19. The van der Waals surface area contributed by atoms with E-state index in [1.165, 1.54) is 10.6 Å². The third-order valence-corrected chi connectivity index (χ3v) is 5.02. The number of sulfonamides is 1. The smallest absolute Gasteiger partial charge is 0.251 e. The van der Waals surface area contributed by atoms with Gasteiger partial charge in [0, 0.05) is 12.1 Å². The van der Waals surface area contributed by atoms with Gasteiger partial charge in [-0.3, -0.25) is 9.10 Å². The molecule has 2 rings (SSSR count). The monoisotopic (exact) mass is 346 g/mol. The summed E-state index contributed by atoms with van der Waals surface area (Å²) in [4.78, 5) is 12.3. The number of carbonyl (C=O) groups is 1. The first-order chi connectivity index (χ1) is 11.3. The molecule has 0 heterocycles. The molecule has 1 atom stereocenters. The summed E-state index contributed by atoms with van der Waals surface area (Å²) in [7, 11) is -3.32. The van der Waals surface area contributed by atoms with Gasteiger partial charge in [0.05, 0.1) is 18.0 Å². The molecule has 128 valence electrons. The van der Waals surface area contributed by atoms with Gasteiger partial charge in [-0.05, 0) is 43.7 Å².